The van der Waals surface area contributed by atoms with Crippen molar-refractivity contribution in [3.8, 4) is 0 Å². The molecule has 0 atom stereocenters. The molecular formula is C18H22ClN2OS+. The Morgan fingerprint density at radius 2 is 1.74 bits per heavy atom. The van der Waals surface area contributed by atoms with Crippen molar-refractivity contribution in [3.05, 3.63) is 56.7 Å². The highest BCUT2D eigenvalue weighted by Crippen LogP contribution is 2.21. The predicted octanol–water partition coefficient (Wildman–Crippen LogP) is 2.90. The molecule has 0 aliphatic carbocycles. The van der Waals surface area contributed by atoms with E-state index >= 15 is 0 Å². The lowest BCUT2D eigenvalue weighted by molar-refractivity contribution is -0.918. The Hall–Kier alpha value is -1.36. The Kier molecular flexibility index (Phi) is 5.70. The number of nitrogens with one attached hydrogen (secondary N) is 2. The fraction of sp³-hybridized carbons (Fsp3) is 0.389. The van der Waals surface area contributed by atoms with E-state index in [1.807, 2.05) is 0 Å². The number of carbonyl (C=O) groups excluding carboxylic acids is 1. The van der Waals surface area contributed by atoms with Crippen LogP contribution in [0.1, 0.15) is 40.1 Å². The van der Waals surface area contributed by atoms with E-state index in [4.69, 9.17) is 11.6 Å². The molecule has 2 N–H and O–H groups in total. The van der Waals surface area contributed by atoms with Gasteiger partial charge in [0.25, 0.3) is 5.91 Å². The zero-order valence-electron chi connectivity index (χ0n) is 13.1. The van der Waals surface area contributed by atoms with Gasteiger partial charge in [-0.25, -0.2) is 0 Å². The van der Waals surface area contributed by atoms with Gasteiger partial charge in [-0.15, -0.1) is 11.3 Å². The van der Waals surface area contributed by atoms with Crippen LogP contribution < -0.4 is 10.2 Å². The molecule has 2 heterocycles. The van der Waals surface area contributed by atoms with Gasteiger partial charge >= 0.3 is 0 Å². The van der Waals surface area contributed by atoms with Crippen LogP contribution in [-0.4, -0.2) is 19.0 Å². The van der Waals surface area contributed by atoms with E-state index in [1.54, 1.807) is 17.0 Å². The largest absolute Gasteiger partial charge is 0.347 e. The summed E-state index contributed by atoms with van der Waals surface area (Å²) in [4.78, 5) is 14.3. The van der Waals surface area contributed by atoms with Crippen LogP contribution in [-0.2, 0) is 13.1 Å². The first-order valence-corrected chi connectivity index (χ1v) is 9.35. The molecule has 122 valence electrons. The van der Waals surface area contributed by atoms with Gasteiger partial charge in [0, 0.05) is 12.1 Å². The zero-order chi connectivity index (χ0) is 16.1. The maximum atomic E-state index is 12.0. The van der Waals surface area contributed by atoms with Crippen molar-refractivity contribution in [2.75, 3.05) is 13.1 Å². The van der Waals surface area contributed by atoms with Gasteiger partial charge in [-0.3, -0.25) is 4.79 Å². The second kappa shape index (κ2) is 7.95. The minimum atomic E-state index is -0.0660. The van der Waals surface area contributed by atoms with Crippen LogP contribution in [0.15, 0.2) is 36.4 Å². The molecule has 23 heavy (non-hydrogen) atoms. The minimum absolute atomic E-state index is 0.0660. The molecule has 0 radical (unpaired) electrons. The summed E-state index contributed by atoms with van der Waals surface area (Å²) in [6.07, 6.45) is 4.09. The summed E-state index contributed by atoms with van der Waals surface area (Å²) in [5.41, 5.74) is 2.50. The van der Waals surface area contributed by atoms with E-state index in [0.29, 0.717) is 15.8 Å². The number of amides is 1. The van der Waals surface area contributed by atoms with Crippen molar-refractivity contribution in [2.24, 2.45) is 0 Å². The van der Waals surface area contributed by atoms with Crippen LogP contribution in [0.25, 0.3) is 0 Å². The molecule has 1 saturated heterocycles. The lowest BCUT2D eigenvalue weighted by Gasteiger charge is -2.23. The topological polar surface area (TPSA) is 33.5 Å². The first kappa shape index (κ1) is 16.5. The van der Waals surface area contributed by atoms with Crippen molar-refractivity contribution < 1.29 is 9.69 Å². The second-order valence-electron chi connectivity index (χ2n) is 6.09. The summed E-state index contributed by atoms with van der Waals surface area (Å²) in [7, 11) is 0. The van der Waals surface area contributed by atoms with E-state index in [9.17, 15) is 4.79 Å². The smallest absolute Gasteiger partial charge is 0.261 e. The van der Waals surface area contributed by atoms with Crippen molar-refractivity contribution >= 4 is 28.8 Å². The normalized spacial score (nSPS) is 15.5. The SMILES string of the molecule is O=C(NCc1ccc(C[NH+]2CCCCC2)cc1)c1ccc(Cl)s1. The zero-order valence-corrected chi connectivity index (χ0v) is 14.7. The quantitative estimate of drug-likeness (QED) is 0.855. The highest BCUT2D eigenvalue weighted by Gasteiger charge is 2.13. The summed E-state index contributed by atoms with van der Waals surface area (Å²) in [6, 6.07) is 12.1. The molecule has 1 aromatic heterocycles. The van der Waals surface area contributed by atoms with E-state index < -0.39 is 0 Å². The van der Waals surface area contributed by atoms with E-state index in [2.05, 4.69) is 29.6 Å². The Bertz CT molecular complexity index is 647. The van der Waals surface area contributed by atoms with Gasteiger partial charge in [-0.2, -0.15) is 0 Å². The minimum Gasteiger partial charge on any atom is -0.347 e. The highest BCUT2D eigenvalue weighted by molar-refractivity contribution is 7.17. The summed E-state index contributed by atoms with van der Waals surface area (Å²) < 4.78 is 0.639. The number of thiophene rings is 1. The number of benzene rings is 1. The molecule has 1 aliphatic rings. The van der Waals surface area contributed by atoms with E-state index in [-0.39, 0.29) is 5.91 Å². The first-order valence-electron chi connectivity index (χ1n) is 8.15. The van der Waals surface area contributed by atoms with Crippen LogP contribution >= 0.6 is 22.9 Å². The van der Waals surface area contributed by atoms with Gasteiger partial charge in [0.05, 0.1) is 22.3 Å². The molecule has 0 bridgehead atoms. The summed E-state index contributed by atoms with van der Waals surface area (Å²) in [5, 5.41) is 2.94. The third kappa shape index (κ3) is 4.80. The fourth-order valence-corrected chi connectivity index (χ4v) is 3.96. The lowest BCUT2D eigenvalue weighted by Crippen LogP contribution is -3.11. The number of rotatable bonds is 5. The van der Waals surface area contributed by atoms with Crippen molar-refractivity contribution in [1.82, 2.24) is 5.32 Å². The molecule has 2 aromatic rings. The van der Waals surface area contributed by atoms with Gasteiger partial charge in [0.1, 0.15) is 6.54 Å². The summed E-state index contributed by atoms with van der Waals surface area (Å²) >= 11 is 7.16. The van der Waals surface area contributed by atoms with Crippen LogP contribution in [0.5, 0.6) is 0 Å². The molecule has 3 rings (SSSR count). The number of carbonyl (C=O) groups is 1. The van der Waals surface area contributed by atoms with E-state index in [0.717, 1.165) is 12.1 Å². The Labute approximate surface area is 146 Å². The number of quaternary nitrogens is 1. The second-order valence-corrected chi connectivity index (χ2v) is 7.81. The number of halogens is 1. The molecule has 1 aromatic carbocycles. The molecule has 1 aliphatic heterocycles. The van der Waals surface area contributed by atoms with Crippen molar-refractivity contribution in [2.45, 2.75) is 32.4 Å². The molecule has 0 saturated carbocycles. The predicted molar refractivity (Wildman–Crippen MR) is 95.2 cm³/mol. The van der Waals surface area contributed by atoms with Gasteiger partial charge in [0.2, 0.25) is 0 Å². The number of hydrogen-bond acceptors (Lipinski definition) is 2. The summed E-state index contributed by atoms with van der Waals surface area (Å²) in [6.45, 7) is 4.24. The van der Waals surface area contributed by atoms with Gasteiger partial charge in [0.15, 0.2) is 0 Å². The summed E-state index contributed by atoms with van der Waals surface area (Å²) in [5.74, 6) is -0.0660. The fourth-order valence-electron chi connectivity index (χ4n) is 3.00. The van der Waals surface area contributed by atoms with Crippen molar-refractivity contribution in [3.63, 3.8) is 0 Å². The Morgan fingerprint density at radius 3 is 2.39 bits per heavy atom. The highest BCUT2D eigenvalue weighted by atomic mass is 35.5. The van der Waals surface area contributed by atoms with Gasteiger partial charge < -0.3 is 10.2 Å². The Balaban J connectivity index is 1.50. The molecular weight excluding hydrogens is 328 g/mol. The molecule has 0 unspecified atom stereocenters. The number of likely N-dealkylation sites (tertiary alicyclic amines) is 1. The number of piperidine rings is 1. The maximum absolute atomic E-state index is 12.0. The lowest BCUT2D eigenvalue weighted by atomic mass is 10.1. The van der Waals surface area contributed by atoms with Crippen LogP contribution in [0.4, 0.5) is 0 Å². The molecule has 3 nitrogen and oxygen atoms in total. The third-order valence-electron chi connectivity index (χ3n) is 4.29. The van der Waals surface area contributed by atoms with Gasteiger partial charge in [-0.05, 0) is 37.0 Å². The van der Waals surface area contributed by atoms with Gasteiger partial charge in [-0.1, -0.05) is 35.9 Å². The average molecular weight is 350 g/mol. The third-order valence-corrected chi connectivity index (χ3v) is 5.52. The average Bonchev–Trinajstić information content (AvgIpc) is 3.01. The molecule has 1 amide bonds. The van der Waals surface area contributed by atoms with Crippen LogP contribution in [0, 0.1) is 0 Å². The number of hydrogen-bond donors (Lipinski definition) is 2. The van der Waals surface area contributed by atoms with Crippen LogP contribution in [0.2, 0.25) is 4.34 Å². The standard InChI is InChI=1S/C18H21ClN2OS/c19-17-9-8-16(23-17)18(22)20-12-14-4-6-15(7-5-14)13-21-10-2-1-3-11-21/h4-9H,1-3,10-13H2,(H,20,22)/p+1. The van der Waals surface area contributed by atoms with Crippen molar-refractivity contribution in [1.29, 1.82) is 0 Å². The van der Waals surface area contributed by atoms with Crippen LogP contribution in [0.3, 0.4) is 0 Å². The van der Waals surface area contributed by atoms with E-state index in [1.165, 1.54) is 49.3 Å². The molecule has 1 fully saturated rings. The monoisotopic (exact) mass is 349 g/mol. The Morgan fingerprint density at radius 1 is 1.04 bits per heavy atom. The molecule has 0 spiro atoms. The molecule has 5 heteroatoms. The first-order chi connectivity index (χ1) is 11.2. The maximum Gasteiger partial charge on any atom is 0.261 e.